The van der Waals surface area contributed by atoms with Gasteiger partial charge in [-0.15, -0.1) is 0 Å². The van der Waals surface area contributed by atoms with Gasteiger partial charge in [0.15, 0.2) is 0 Å². The van der Waals surface area contributed by atoms with Crippen molar-refractivity contribution in [2.45, 2.75) is 26.0 Å². The highest BCUT2D eigenvalue weighted by molar-refractivity contribution is 5.85. The first-order valence-electron chi connectivity index (χ1n) is 10.2. The molecule has 158 valence electrons. The van der Waals surface area contributed by atoms with Crippen molar-refractivity contribution in [1.82, 2.24) is 9.88 Å². The first kappa shape index (κ1) is 20.5. The van der Waals surface area contributed by atoms with Crippen LogP contribution in [0.4, 0.5) is 14.5 Å². The van der Waals surface area contributed by atoms with E-state index < -0.39 is 12.0 Å². The summed E-state index contributed by atoms with van der Waals surface area (Å²) in [6.07, 6.45) is 0.350. The second-order valence-corrected chi connectivity index (χ2v) is 7.83. The van der Waals surface area contributed by atoms with E-state index in [2.05, 4.69) is 9.88 Å². The number of halogens is 2. The van der Waals surface area contributed by atoms with Crippen molar-refractivity contribution in [3.8, 4) is 0 Å². The van der Waals surface area contributed by atoms with Gasteiger partial charge in [-0.05, 0) is 67.1 Å². The van der Waals surface area contributed by atoms with Gasteiger partial charge in [0.05, 0.1) is 5.39 Å². The number of piperazine rings is 1. The zero-order chi connectivity index (χ0) is 21.3. The predicted octanol–water partition coefficient (Wildman–Crippen LogP) is 3.19. The van der Waals surface area contributed by atoms with E-state index in [1.165, 1.54) is 24.3 Å². The first-order valence-corrected chi connectivity index (χ1v) is 10.2. The van der Waals surface area contributed by atoms with Gasteiger partial charge in [-0.3, -0.25) is 9.69 Å². The Hall–Kier alpha value is -2.77. The summed E-state index contributed by atoms with van der Waals surface area (Å²) in [6.45, 7) is 4.53. The number of benzene rings is 2. The monoisotopic (exact) mass is 413 g/mol. The number of nitrogens with zero attached hydrogens (tertiary/aromatic N) is 2. The highest BCUT2D eigenvalue weighted by atomic mass is 19.1. The quantitative estimate of drug-likeness (QED) is 0.675. The minimum Gasteiger partial charge on any atom is -0.378 e. The van der Waals surface area contributed by atoms with E-state index in [4.69, 9.17) is 0 Å². The number of rotatable bonds is 5. The summed E-state index contributed by atoms with van der Waals surface area (Å²) in [4.78, 5) is 19.2. The molecule has 2 N–H and O–H groups in total. The Bertz CT molecular complexity index is 1110. The van der Waals surface area contributed by atoms with Gasteiger partial charge in [0.2, 0.25) is 0 Å². The third-order valence-electron chi connectivity index (χ3n) is 5.77. The van der Waals surface area contributed by atoms with Gasteiger partial charge in [0.25, 0.3) is 5.56 Å². The molecular weight excluding hydrogens is 388 g/mol. The minimum absolute atomic E-state index is 0.252. The molecule has 0 amide bonds. The number of aromatic nitrogens is 1. The van der Waals surface area contributed by atoms with Crippen LogP contribution in [-0.4, -0.2) is 47.4 Å². The molecule has 1 fully saturated rings. The maximum Gasteiger partial charge on any atom is 0.256 e. The second-order valence-electron chi connectivity index (χ2n) is 7.83. The molecule has 2 aromatic carbocycles. The number of hydrogen-bond donors (Lipinski definition) is 2. The van der Waals surface area contributed by atoms with E-state index in [1.54, 1.807) is 13.0 Å². The summed E-state index contributed by atoms with van der Waals surface area (Å²) in [5.74, 6) is -0.677. The molecule has 1 aromatic heterocycles. The normalized spacial score (nSPS) is 16.2. The summed E-state index contributed by atoms with van der Waals surface area (Å²) in [5.41, 5.74) is 1.97. The van der Waals surface area contributed by atoms with E-state index >= 15 is 0 Å². The largest absolute Gasteiger partial charge is 0.378 e. The molecule has 1 atom stereocenters. The standard InChI is InChI=1S/C23H25F2N3O2/c1-15-11-17(25)13-21-20(15)14-18(26-23(21)30)5-6-22(29)28-9-7-27(8-10-28)19-4-2-3-16(24)12-19/h2-4,11-14,22,29H,5-10H2,1H3,(H,26,30). The molecule has 1 saturated heterocycles. The van der Waals surface area contributed by atoms with Crippen molar-refractivity contribution >= 4 is 16.5 Å². The lowest BCUT2D eigenvalue weighted by molar-refractivity contribution is -0.00533. The summed E-state index contributed by atoms with van der Waals surface area (Å²) >= 11 is 0. The molecule has 7 heteroatoms. The highest BCUT2D eigenvalue weighted by Gasteiger charge is 2.22. The zero-order valence-corrected chi connectivity index (χ0v) is 16.9. The van der Waals surface area contributed by atoms with Crippen LogP contribution in [0.2, 0.25) is 0 Å². The summed E-state index contributed by atoms with van der Waals surface area (Å²) in [6, 6.07) is 11.1. The third kappa shape index (κ3) is 4.37. The molecule has 0 saturated carbocycles. The van der Waals surface area contributed by atoms with Gasteiger partial charge >= 0.3 is 0 Å². The van der Waals surface area contributed by atoms with Gasteiger partial charge in [-0.1, -0.05) is 6.07 Å². The summed E-state index contributed by atoms with van der Waals surface area (Å²) in [5, 5.41) is 11.7. The Morgan fingerprint density at radius 1 is 1.03 bits per heavy atom. The number of nitrogens with one attached hydrogen (secondary N) is 1. The topological polar surface area (TPSA) is 59.6 Å². The van der Waals surface area contributed by atoms with Crippen LogP contribution in [0, 0.1) is 18.6 Å². The van der Waals surface area contributed by atoms with Crippen LogP contribution in [0.1, 0.15) is 17.7 Å². The van der Waals surface area contributed by atoms with E-state index in [0.717, 1.165) is 16.8 Å². The van der Waals surface area contributed by atoms with Gasteiger partial charge < -0.3 is 15.0 Å². The van der Waals surface area contributed by atoms with Crippen LogP contribution in [-0.2, 0) is 6.42 Å². The van der Waals surface area contributed by atoms with Crippen molar-refractivity contribution in [3.05, 3.63) is 75.7 Å². The van der Waals surface area contributed by atoms with Gasteiger partial charge in [0.1, 0.15) is 17.9 Å². The molecular formula is C23H25F2N3O2. The number of pyridine rings is 1. The van der Waals surface area contributed by atoms with Crippen molar-refractivity contribution in [2.24, 2.45) is 0 Å². The SMILES string of the molecule is Cc1cc(F)cc2c(=O)[nH]c(CCC(O)N3CCN(c4cccc(F)c4)CC3)cc12. The number of aromatic amines is 1. The molecule has 0 bridgehead atoms. The molecule has 5 nitrogen and oxygen atoms in total. The molecule has 30 heavy (non-hydrogen) atoms. The number of fused-ring (bicyclic) bond motifs is 1. The number of aliphatic hydroxyl groups excluding tert-OH is 1. The molecule has 4 rings (SSSR count). The molecule has 0 aliphatic carbocycles. The fourth-order valence-corrected chi connectivity index (χ4v) is 4.11. The molecule has 2 heterocycles. The Morgan fingerprint density at radius 3 is 2.53 bits per heavy atom. The van der Waals surface area contributed by atoms with E-state index in [0.29, 0.717) is 50.0 Å². The maximum absolute atomic E-state index is 13.6. The minimum atomic E-state index is -0.631. The van der Waals surface area contributed by atoms with Crippen LogP contribution < -0.4 is 10.5 Å². The lowest BCUT2D eigenvalue weighted by Gasteiger charge is -2.38. The van der Waals surface area contributed by atoms with Crippen LogP contribution in [0.15, 0.2) is 47.3 Å². The Balaban J connectivity index is 1.37. The third-order valence-corrected chi connectivity index (χ3v) is 5.77. The molecule has 1 aliphatic heterocycles. The number of aryl methyl sites for hydroxylation is 2. The van der Waals surface area contributed by atoms with Crippen molar-refractivity contribution in [3.63, 3.8) is 0 Å². The van der Waals surface area contributed by atoms with E-state index in [1.807, 2.05) is 17.0 Å². The van der Waals surface area contributed by atoms with Crippen molar-refractivity contribution in [1.29, 1.82) is 0 Å². The molecule has 3 aromatic rings. The first-order chi connectivity index (χ1) is 14.4. The fourth-order valence-electron chi connectivity index (χ4n) is 4.11. The van der Waals surface area contributed by atoms with Gasteiger partial charge in [-0.25, -0.2) is 8.78 Å². The number of anilines is 1. The Labute approximate surface area is 173 Å². The Kier molecular flexibility index (Phi) is 5.83. The number of H-pyrrole nitrogens is 1. The van der Waals surface area contributed by atoms with Crippen LogP contribution in [0.5, 0.6) is 0 Å². The molecule has 0 radical (unpaired) electrons. The fraction of sp³-hybridized carbons (Fsp3) is 0.348. The lowest BCUT2D eigenvalue weighted by atomic mass is 10.0. The Morgan fingerprint density at radius 2 is 1.80 bits per heavy atom. The average Bonchev–Trinajstić information content (AvgIpc) is 2.73. The molecule has 0 spiro atoms. The van der Waals surface area contributed by atoms with Crippen LogP contribution in [0.3, 0.4) is 0 Å². The number of aliphatic hydroxyl groups is 1. The summed E-state index contributed by atoms with van der Waals surface area (Å²) in [7, 11) is 0. The van der Waals surface area contributed by atoms with Crippen LogP contribution in [0.25, 0.3) is 10.8 Å². The smallest absolute Gasteiger partial charge is 0.256 e. The second kappa shape index (κ2) is 8.53. The average molecular weight is 413 g/mol. The van der Waals surface area contributed by atoms with Crippen LogP contribution >= 0.6 is 0 Å². The van der Waals surface area contributed by atoms with Crippen molar-refractivity contribution < 1.29 is 13.9 Å². The number of hydrogen-bond acceptors (Lipinski definition) is 4. The molecule has 1 aliphatic rings. The van der Waals surface area contributed by atoms with Gasteiger partial charge in [0, 0.05) is 37.6 Å². The predicted molar refractivity (Wildman–Crippen MR) is 114 cm³/mol. The zero-order valence-electron chi connectivity index (χ0n) is 16.9. The van der Waals surface area contributed by atoms with E-state index in [-0.39, 0.29) is 11.4 Å². The van der Waals surface area contributed by atoms with Gasteiger partial charge in [-0.2, -0.15) is 0 Å². The van der Waals surface area contributed by atoms with Crippen molar-refractivity contribution in [2.75, 3.05) is 31.1 Å². The molecule has 1 unspecified atom stereocenters. The lowest BCUT2D eigenvalue weighted by Crippen LogP contribution is -2.50. The van der Waals surface area contributed by atoms with E-state index in [9.17, 15) is 18.7 Å². The highest BCUT2D eigenvalue weighted by Crippen LogP contribution is 2.20. The maximum atomic E-state index is 13.6. The summed E-state index contributed by atoms with van der Waals surface area (Å²) < 4.78 is 27.0.